The van der Waals surface area contributed by atoms with E-state index >= 15 is 0 Å². The minimum Gasteiger partial charge on any atom is -0.477 e. The lowest BCUT2D eigenvalue weighted by Crippen LogP contribution is -2.37. The molecule has 1 aromatic heterocycles. The van der Waals surface area contributed by atoms with Gasteiger partial charge in [-0.2, -0.15) is 0 Å². The number of carboxylic acids is 1. The van der Waals surface area contributed by atoms with Gasteiger partial charge in [0.1, 0.15) is 4.88 Å². The number of hydrogen-bond donors (Lipinski definition) is 1. The Morgan fingerprint density at radius 2 is 2.22 bits per heavy atom. The number of aromatic carboxylic acids is 1. The molecule has 1 saturated heterocycles. The zero-order chi connectivity index (χ0) is 13.1. The van der Waals surface area contributed by atoms with Crippen LogP contribution < -0.4 is 4.90 Å². The molecule has 1 atom stereocenters. The third-order valence-corrected chi connectivity index (χ3v) is 4.74. The van der Waals surface area contributed by atoms with E-state index in [4.69, 9.17) is 5.11 Å². The van der Waals surface area contributed by atoms with E-state index in [0.717, 1.165) is 31.2 Å². The van der Waals surface area contributed by atoms with Gasteiger partial charge in [-0.3, -0.25) is 4.90 Å². The van der Waals surface area contributed by atoms with Crippen LogP contribution in [0.3, 0.4) is 0 Å². The Kier molecular flexibility index (Phi) is 4.24. The summed E-state index contributed by atoms with van der Waals surface area (Å²) in [6, 6.07) is 4.24. The van der Waals surface area contributed by atoms with E-state index in [1.807, 2.05) is 6.07 Å². The first-order valence-corrected chi connectivity index (χ1v) is 7.29. The van der Waals surface area contributed by atoms with E-state index in [0.29, 0.717) is 10.9 Å². The summed E-state index contributed by atoms with van der Waals surface area (Å²) in [6.07, 6.45) is 1.17. The molecule has 1 N–H and O–H groups in total. The van der Waals surface area contributed by atoms with Gasteiger partial charge in [-0.1, -0.05) is 13.8 Å². The molecule has 2 heterocycles. The summed E-state index contributed by atoms with van der Waals surface area (Å²) in [5, 5.41) is 10.0. The second kappa shape index (κ2) is 5.71. The molecule has 0 saturated carbocycles. The second-order valence-corrected chi connectivity index (χ2v) is 5.61. The Morgan fingerprint density at radius 1 is 1.50 bits per heavy atom. The van der Waals surface area contributed by atoms with Crippen molar-refractivity contribution in [3.63, 3.8) is 0 Å². The highest BCUT2D eigenvalue weighted by atomic mass is 32.1. The normalized spacial score (nSPS) is 19.7. The summed E-state index contributed by atoms with van der Waals surface area (Å²) >= 11 is 1.38. The average Bonchev–Trinajstić information content (AvgIpc) is 2.98. The molecule has 1 aliphatic heterocycles. The van der Waals surface area contributed by atoms with Crippen LogP contribution in [0.25, 0.3) is 0 Å². The number of rotatable bonds is 5. The van der Waals surface area contributed by atoms with Gasteiger partial charge in [-0.05, 0) is 31.6 Å². The topological polar surface area (TPSA) is 43.8 Å². The summed E-state index contributed by atoms with van der Waals surface area (Å²) in [5.41, 5.74) is 0. The van der Waals surface area contributed by atoms with Crippen LogP contribution in [0, 0.1) is 0 Å². The molecule has 18 heavy (non-hydrogen) atoms. The number of nitrogens with zero attached hydrogens (tertiary/aromatic N) is 2. The van der Waals surface area contributed by atoms with Gasteiger partial charge in [0.25, 0.3) is 0 Å². The minimum absolute atomic E-state index is 0.427. The summed E-state index contributed by atoms with van der Waals surface area (Å²) in [7, 11) is 0. The lowest BCUT2D eigenvalue weighted by molar-refractivity contribution is 0.0702. The van der Waals surface area contributed by atoms with Crippen molar-refractivity contribution in [2.24, 2.45) is 0 Å². The molecule has 1 fully saturated rings. The minimum atomic E-state index is -0.828. The molecular formula is C13H20N2O2S. The Morgan fingerprint density at radius 3 is 2.78 bits per heavy atom. The van der Waals surface area contributed by atoms with Gasteiger partial charge >= 0.3 is 5.97 Å². The van der Waals surface area contributed by atoms with Gasteiger partial charge in [0.15, 0.2) is 0 Å². The molecule has 1 aliphatic rings. The van der Waals surface area contributed by atoms with Crippen LogP contribution >= 0.6 is 11.3 Å². The average molecular weight is 268 g/mol. The molecule has 0 bridgehead atoms. The predicted molar refractivity (Wildman–Crippen MR) is 74.8 cm³/mol. The highest BCUT2D eigenvalue weighted by Crippen LogP contribution is 2.30. The zero-order valence-corrected chi connectivity index (χ0v) is 11.7. The van der Waals surface area contributed by atoms with Crippen molar-refractivity contribution in [3.8, 4) is 0 Å². The fourth-order valence-corrected chi connectivity index (χ4v) is 3.47. The zero-order valence-electron chi connectivity index (χ0n) is 10.9. The highest BCUT2D eigenvalue weighted by Gasteiger charge is 2.27. The predicted octanol–water partition coefficient (Wildman–Crippen LogP) is 2.37. The maximum Gasteiger partial charge on any atom is 0.345 e. The lowest BCUT2D eigenvalue weighted by atomic mass is 10.2. The number of carbonyl (C=O) groups is 1. The Balaban J connectivity index is 2.01. The van der Waals surface area contributed by atoms with Crippen molar-refractivity contribution in [2.45, 2.75) is 26.3 Å². The largest absolute Gasteiger partial charge is 0.477 e. The summed E-state index contributed by atoms with van der Waals surface area (Å²) in [4.78, 5) is 16.1. The van der Waals surface area contributed by atoms with E-state index in [1.54, 1.807) is 6.07 Å². The SMILES string of the molecule is CCN(CC)C1CCN(c2ccc(C(=O)O)s2)C1. The van der Waals surface area contributed by atoms with Crippen LogP contribution in [0.15, 0.2) is 12.1 Å². The molecule has 0 radical (unpaired) electrons. The molecule has 0 aliphatic carbocycles. The fourth-order valence-electron chi connectivity index (χ4n) is 2.59. The van der Waals surface area contributed by atoms with Gasteiger partial charge in [0.05, 0.1) is 5.00 Å². The first-order valence-electron chi connectivity index (χ1n) is 6.47. The number of anilines is 1. The van der Waals surface area contributed by atoms with Crippen LogP contribution in [0.1, 0.15) is 29.9 Å². The Labute approximate surface area is 112 Å². The van der Waals surface area contributed by atoms with Crippen molar-refractivity contribution in [2.75, 3.05) is 31.1 Å². The van der Waals surface area contributed by atoms with Crippen LogP contribution in [-0.4, -0.2) is 48.2 Å². The van der Waals surface area contributed by atoms with Crippen molar-refractivity contribution in [1.82, 2.24) is 4.90 Å². The number of hydrogen-bond acceptors (Lipinski definition) is 4. The molecule has 1 unspecified atom stereocenters. The van der Waals surface area contributed by atoms with Crippen molar-refractivity contribution < 1.29 is 9.90 Å². The summed E-state index contributed by atoms with van der Waals surface area (Å²) in [6.45, 7) is 8.60. The third-order valence-electron chi connectivity index (χ3n) is 3.61. The molecule has 0 amide bonds. The number of likely N-dealkylation sites (N-methyl/N-ethyl adjacent to an activating group) is 1. The monoisotopic (exact) mass is 268 g/mol. The first kappa shape index (κ1) is 13.4. The second-order valence-electron chi connectivity index (χ2n) is 4.55. The van der Waals surface area contributed by atoms with Crippen LogP contribution in [0.2, 0.25) is 0 Å². The maximum atomic E-state index is 10.9. The van der Waals surface area contributed by atoms with E-state index in [9.17, 15) is 4.79 Å². The van der Waals surface area contributed by atoms with Crippen LogP contribution in [-0.2, 0) is 0 Å². The standard InChI is InChI=1S/C13H20N2O2S/c1-3-14(4-2)10-7-8-15(9-10)12-6-5-11(18-12)13(16)17/h5-6,10H,3-4,7-9H2,1-2H3,(H,16,17). The molecule has 0 spiro atoms. The molecule has 1 aromatic rings. The van der Waals surface area contributed by atoms with Crippen molar-refractivity contribution in [3.05, 3.63) is 17.0 Å². The van der Waals surface area contributed by atoms with Crippen molar-refractivity contribution >= 4 is 22.3 Å². The first-order chi connectivity index (χ1) is 8.65. The summed E-state index contributed by atoms with van der Waals surface area (Å²) in [5.74, 6) is -0.828. The van der Waals surface area contributed by atoms with E-state index in [-0.39, 0.29) is 0 Å². The molecular weight excluding hydrogens is 248 g/mol. The van der Waals surface area contributed by atoms with Crippen LogP contribution in [0.5, 0.6) is 0 Å². The number of carboxylic acid groups (broad SMARTS) is 1. The van der Waals surface area contributed by atoms with E-state index in [2.05, 4.69) is 23.6 Å². The molecule has 5 heteroatoms. The van der Waals surface area contributed by atoms with Gasteiger partial charge in [0, 0.05) is 19.1 Å². The van der Waals surface area contributed by atoms with Crippen molar-refractivity contribution in [1.29, 1.82) is 0 Å². The van der Waals surface area contributed by atoms with E-state index < -0.39 is 5.97 Å². The smallest absolute Gasteiger partial charge is 0.345 e. The van der Waals surface area contributed by atoms with Gasteiger partial charge < -0.3 is 10.0 Å². The third kappa shape index (κ3) is 2.67. The quantitative estimate of drug-likeness (QED) is 0.890. The Hall–Kier alpha value is -1.07. The van der Waals surface area contributed by atoms with Gasteiger partial charge in [0.2, 0.25) is 0 Å². The highest BCUT2D eigenvalue weighted by molar-refractivity contribution is 7.17. The van der Waals surface area contributed by atoms with Gasteiger partial charge in [-0.15, -0.1) is 11.3 Å². The Bertz CT molecular complexity index is 415. The maximum absolute atomic E-state index is 10.9. The number of thiophene rings is 1. The fraction of sp³-hybridized carbons (Fsp3) is 0.615. The summed E-state index contributed by atoms with van der Waals surface area (Å²) < 4.78 is 0. The molecule has 4 nitrogen and oxygen atoms in total. The van der Waals surface area contributed by atoms with Crippen LogP contribution in [0.4, 0.5) is 5.00 Å². The lowest BCUT2D eigenvalue weighted by Gasteiger charge is -2.26. The molecule has 100 valence electrons. The molecule has 2 rings (SSSR count). The van der Waals surface area contributed by atoms with Gasteiger partial charge in [-0.25, -0.2) is 4.79 Å². The van der Waals surface area contributed by atoms with E-state index in [1.165, 1.54) is 17.8 Å². The molecule has 0 aromatic carbocycles.